The maximum absolute atomic E-state index is 13.1. The Balaban J connectivity index is 3.32. The van der Waals surface area contributed by atoms with E-state index in [0.29, 0.717) is 19.3 Å². The maximum Gasteiger partial charge on any atom is 0.320 e. The average molecular weight is 370 g/mol. The van der Waals surface area contributed by atoms with Gasteiger partial charge in [-0.3, -0.25) is 19.2 Å². The van der Waals surface area contributed by atoms with E-state index in [-0.39, 0.29) is 31.7 Å². The molecule has 2 unspecified atom stereocenters. The zero-order valence-corrected chi connectivity index (χ0v) is 16.0. The number of carbonyl (C=O) groups excluding carboxylic acids is 4. The van der Waals surface area contributed by atoms with Crippen molar-refractivity contribution in [3.05, 3.63) is 0 Å². The zero-order valence-electron chi connectivity index (χ0n) is 16.0. The van der Waals surface area contributed by atoms with Crippen LogP contribution >= 0.6 is 0 Å². The first kappa shape index (κ1) is 22.1. The van der Waals surface area contributed by atoms with Crippen LogP contribution < -0.4 is 0 Å². The molecule has 0 amide bonds. The Kier molecular flexibility index (Phi) is 9.30. The number of esters is 3. The minimum atomic E-state index is -1.70. The molecule has 0 spiro atoms. The van der Waals surface area contributed by atoms with Crippen molar-refractivity contribution in [2.75, 3.05) is 20.8 Å². The van der Waals surface area contributed by atoms with Crippen molar-refractivity contribution in [2.45, 2.75) is 64.7 Å². The molecule has 148 valence electrons. The van der Waals surface area contributed by atoms with Crippen LogP contribution in [0.3, 0.4) is 0 Å². The van der Waals surface area contributed by atoms with Crippen LogP contribution in [0.2, 0.25) is 0 Å². The van der Waals surface area contributed by atoms with E-state index in [1.165, 1.54) is 14.2 Å². The Hall–Kier alpha value is -1.92. The van der Waals surface area contributed by atoms with E-state index in [1.54, 1.807) is 6.92 Å². The highest BCUT2D eigenvalue weighted by atomic mass is 16.5. The van der Waals surface area contributed by atoms with Gasteiger partial charge in [0.2, 0.25) is 0 Å². The van der Waals surface area contributed by atoms with Crippen molar-refractivity contribution in [3.8, 4) is 0 Å². The van der Waals surface area contributed by atoms with Gasteiger partial charge in [0.05, 0.1) is 26.7 Å². The van der Waals surface area contributed by atoms with Crippen molar-refractivity contribution < 1.29 is 33.4 Å². The Morgan fingerprint density at radius 1 is 1.04 bits per heavy atom. The van der Waals surface area contributed by atoms with Gasteiger partial charge in [-0.25, -0.2) is 0 Å². The summed E-state index contributed by atoms with van der Waals surface area (Å²) in [7, 11) is 2.42. The number of methoxy groups -OCH3 is 2. The third kappa shape index (κ3) is 5.29. The van der Waals surface area contributed by atoms with Gasteiger partial charge in [0, 0.05) is 12.8 Å². The predicted octanol–water partition coefficient (Wildman–Crippen LogP) is 2.59. The number of carbonyl (C=O) groups is 4. The van der Waals surface area contributed by atoms with Crippen LogP contribution in [-0.4, -0.2) is 44.5 Å². The fourth-order valence-corrected chi connectivity index (χ4v) is 3.68. The summed E-state index contributed by atoms with van der Waals surface area (Å²) in [5.41, 5.74) is -1.70. The largest absolute Gasteiger partial charge is 0.469 e. The van der Waals surface area contributed by atoms with Gasteiger partial charge >= 0.3 is 17.9 Å². The molecule has 0 bridgehead atoms. The third-order valence-electron chi connectivity index (χ3n) is 5.05. The van der Waals surface area contributed by atoms with Crippen molar-refractivity contribution in [1.29, 1.82) is 0 Å². The molecule has 1 fully saturated rings. The van der Waals surface area contributed by atoms with Crippen LogP contribution in [0.5, 0.6) is 0 Å². The number of hydrogen-bond acceptors (Lipinski definition) is 7. The Morgan fingerprint density at radius 2 is 1.69 bits per heavy atom. The highest BCUT2D eigenvalue weighted by Gasteiger charge is 2.55. The quantitative estimate of drug-likeness (QED) is 0.403. The lowest BCUT2D eigenvalue weighted by atomic mass is 9.65. The highest BCUT2D eigenvalue weighted by molar-refractivity contribution is 6.07. The first-order valence-electron chi connectivity index (χ1n) is 9.29. The lowest BCUT2D eigenvalue weighted by molar-refractivity contribution is -0.173. The summed E-state index contributed by atoms with van der Waals surface area (Å²) in [5, 5.41) is 0. The molecule has 2 atom stereocenters. The SMILES string of the molecule is CCOC(=O)CCC1(C(=O)OC)C(=O)CCCCCCCC1C(=O)OC. The molecule has 7 nitrogen and oxygen atoms in total. The second-order valence-corrected chi connectivity index (χ2v) is 6.57. The lowest BCUT2D eigenvalue weighted by Crippen LogP contribution is -2.50. The van der Waals surface area contributed by atoms with Crippen molar-refractivity contribution >= 4 is 23.7 Å². The minimum absolute atomic E-state index is 0.114. The van der Waals surface area contributed by atoms with Crippen LogP contribution in [0.4, 0.5) is 0 Å². The standard InChI is InChI=1S/C19H30O7/c1-4-26-16(21)12-13-19(18(23)25-3)14(17(22)24-2)10-8-6-5-7-9-11-15(19)20/h14H,4-13H2,1-3H3. The van der Waals surface area contributed by atoms with Crippen LogP contribution in [-0.2, 0) is 33.4 Å². The van der Waals surface area contributed by atoms with Crippen LogP contribution in [0.1, 0.15) is 64.7 Å². The molecule has 0 aromatic rings. The zero-order chi connectivity index (χ0) is 19.6. The van der Waals surface area contributed by atoms with Gasteiger partial charge in [-0.05, 0) is 26.2 Å². The van der Waals surface area contributed by atoms with Crippen LogP contribution in [0.25, 0.3) is 0 Å². The summed E-state index contributed by atoms with van der Waals surface area (Å²) in [4.78, 5) is 50.2. The normalized spacial score (nSPS) is 24.4. The van der Waals surface area contributed by atoms with Gasteiger partial charge in [-0.15, -0.1) is 0 Å². The molecule has 0 heterocycles. The smallest absolute Gasteiger partial charge is 0.320 e. The molecule has 26 heavy (non-hydrogen) atoms. The maximum atomic E-state index is 13.1. The summed E-state index contributed by atoms with van der Waals surface area (Å²) < 4.78 is 14.8. The number of rotatable bonds is 6. The molecule has 1 saturated carbocycles. The molecule has 0 aromatic heterocycles. The molecule has 0 aromatic carbocycles. The van der Waals surface area contributed by atoms with Crippen LogP contribution in [0.15, 0.2) is 0 Å². The third-order valence-corrected chi connectivity index (χ3v) is 5.05. The Bertz CT molecular complexity index is 514. The van der Waals surface area contributed by atoms with Gasteiger partial charge < -0.3 is 14.2 Å². The summed E-state index contributed by atoms with van der Waals surface area (Å²) in [5.74, 6) is -3.22. The highest BCUT2D eigenvalue weighted by Crippen LogP contribution is 2.42. The number of ketones is 1. The summed E-state index contributed by atoms with van der Waals surface area (Å²) in [6, 6.07) is 0. The van der Waals surface area contributed by atoms with Crippen molar-refractivity contribution in [2.24, 2.45) is 11.3 Å². The molecule has 0 saturated heterocycles. The Morgan fingerprint density at radius 3 is 2.31 bits per heavy atom. The van der Waals surface area contributed by atoms with Crippen LogP contribution in [0, 0.1) is 11.3 Å². The van der Waals surface area contributed by atoms with Crippen molar-refractivity contribution in [3.63, 3.8) is 0 Å². The second kappa shape index (κ2) is 10.9. The fraction of sp³-hybridized carbons (Fsp3) is 0.789. The topological polar surface area (TPSA) is 96.0 Å². The van der Waals surface area contributed by atoms with E-state index < -0.39 is 29.2 Å². The average Bonchev–Trinajstić information content (AvgIpc) is 2.64. The van der Waals surface area contributed by atoms with Crippen molar-refractivity contribution in [1.82, 2.24) is 0 Å². The molecular formula is C19H30O7. The second-order valence-electron chi connectivity index (χ2n) is 6.57. The first-order chi connectivity index (χ1) is 12.4. The number of hydrogen-bond donors (Lipinski definition) is 0. The molecule has 0 aliphatic heterocycles. The first-order valence-corrected chi connectivity index (χ1v) is 9.29. The molecule has 0 radical (unpaired) electrons. The lowest BCUT2D eigenvalue weighted by Gasteiger charge is -2.36. The molecule has 7 heteroatoms. The van der Waals surface area contributed by atoms with Gasteiger partial charge in [-0.2, -0.15) is 0 Å². The van der Waals surface area contributed by atoms with E-state index in [9.17, 15) is 19.2 Å². The fourth-order valence-electron chi connectivity index (χ4n) is 3.68. The molecule has 0 N–H and O–H groups in total. The summed E-state index contributed by atoms with van der Waals surface area (Å²) in [6.45, 7) is 1.89. The van der Waals surface area contributed by atoms with Gasteiger partial charge in [-0.1, -0.05) is 25.7 Å². The Labute approximate surface area is 154 Å². The van der Waals surface area contributed by atoms with Gasteiger partial charge in [0.1, 0.15) is 5.41 Å². The van der Waals surface area contributed by atoms with Gasteiger partial charge in [0.25, 0.3) is 0 Å². The number of ether oxygens (including phenoxy) is 3. The summed E-state index contributed by atoms with van der Waals surface area (Å²) >= 11 is 0. The monoisotopic (exact) mass is 370 g/mol. The van der Waals surface area contributed by atoms with E-state index in [0.717, 1.165) is 19.3 Å². The molecule has 1 aliphatic carbocycles. The predicted molar refractivity (Wildman–Crippen MR) is 93.1 cm³/mol. The molecule has 1 rings (SSSR count). The molecule has 1 aliphatic rings. The van der Waals surface area contributed by atoms with E-state index in [1.807, 2.05) is 0 Å². The van der Waals surface area contributed by atoms with E-state index >= 15 is 0 Å². The van der Waals surface area contributed by atoms with E-state index in [2.05, 4.69) is 0 Å². The van der Waals surface area contributed by atoms with E-state index in [4.69, 9.17) is 14.2 Å². The number of Topliss-reactive ketones (excluding diaryl/α,β-unsaturated/α-hetero) is 1. The molecular weight excluding hydrogens is 340 g/mol. The minimum Gasteiger partial charge on any atom is -0.469 e. The van der Waals surface area contributed by atoms with Gasteiger partial charge in [0.15, 0.2) is 5.78 Å². The summed E-state index contributed by atoms with van der Waals surface area (Å²) in [6.07, 6.45) is 4.40.